The molecule has 0 aliphatic heterocycles. The highest BCUT2D eigenvalue weighted by Gasteiger charge is 2.09. The van der Waals surface area contributed by atoms with Gasteiger partial charge >= 0.3 is 6.01 Å². The summed E-state index contributed by atoms with van der Waals surface area (Å²) in [5.74, 6) is -0.239. The van der Waals surface area contributed by atoms with Crippen molar-refractivity contribution in [2.24, 2.45) is 0 Å². The molecule has 106 valence electrons. The average molecular weight is 300 g/mol. The summed E-state index contributed by atoms with van der Waals surface area (Å²) in [7, 11) is 1.47. The molecule has 1 aromatic carbocycles. The van der Waals surface area contributed by atoms with E-state index in [1.807, 2.05) is 24.3 Å². The van der Waals surface area contributed by atoms with Crippen molar-refractivity contribution in [2.45, 2.75) is 6.54 Å². The minimum atomic E-state index is -0.239. The van der Waals surface area contributed by atoms with Gasteiger partial charge in [0.25, 0.3) is 5.91 Å². The van der Waals surface area contributed by atoms with E-state index in [4.69, 9.17) is 4.74 Å². The maximum absolute atomic E-state index is 12.0. The summed E-state index contributed by atoms with van der Waals surface area (Å²) < 4.78 is 5.96. The third-order valence-corrected chi connectivity index (χ3v) is 3.85. The van der Waals surface area contributed by atoms with Crippen LogP contribution in [0.3, 0.4) is 0 Å². The number of aromatic nitrogens is 3. The standard InChI is InChI=1S/C14H12N4O2S/c1-20-14-16-6-9(7-17-14)13(19)15-8-12-18-10-4-2-3-5-11(10)21-12/h2-7H,8H2,1H3,(H,15,19). The quantitative estimate of drug-likeness (QED) is 0.797. The lowest BCUT2D eigenvalue weighted by Crippen LogP contribution is -2.23. The van der Waals surface area contributed by atoms with Crippen LogP contribution < -0.4 is 10.1 Å². The third kappa shape index (κ3) is 2.97. The lowest BCUT2D eigenvalue weighted by molar-refractivity contribution is 0.0950. The van der Waals surface area contributed by atoms with Crippen LogP contribution in [-0.2, 0) is 6.54 Å². The van der Waals surface area contributed by atoms with Crippen LogP contribution in [0.15, 0.2) is 36.7 Å². The number of nitrogens with one attached hydrogen (secondary N) is 1. The van der Waals surface area contributed by atoms with Crippen LogP contribution in [0.2, 0.25) is 0 Å². The van der Waals surface area contributed by atoms with Gasteiger partial charge in [0.2, 0.25) is 0 Å². The summed E-state index contributed by atoms with van der Waals surface area (Å²) in [6.45, 7) is 0.379. The summed E-state index contributed by atoms with van der Waals surface area (Å²) in [5.41, 5.74) is 1.33. The van der Waals surface area contributed by atoms with Crippen LogP contribution in [0, 0.1) is 0 Å². The molecule has 2 heterocycles. The van der Waals surface area contributed by atoms with Gasteiger partial charge in [-0.25, -0.2) is 15.0 Å². The molecule has 0 unspecified atom stereocenters. The van der Waals surface area contributed by atoms with Crippen molar-refractivity contribution in [3.63, 3.8) is 0 Å². The number of benzene rings is 1. The molecule has 6 nitrogen and oxygen atoms in total. The van der Waals surface area contributed by atoms with Gasteiger partial charge in [-0.2, -0.15) is 0 Å². The Balaban J connectivity index is 1.67. The SMILES string of the molecule is COc1ncc(C(=O)NCc2nc3ccccc3s2)cn1. The van der Waals surface area contributed by atoms with Gasteiger partial charge in [0.05, 0.1) is 29.4 Å². The molecule has 0 bridgehead atoms. The van der Waals surface area contributed by atoms with Crippen molar-refractivity contribution in [3.05, 3.63) is 47.2 Å². The normalized spacial score (nSPS) is 10.5. The fraction of sp³-hybridized carbons (Fsp3) is 0.143. The number of nitrogens with zero attached hydrogens (tertiary/aromatic N) is 3. The summed E-state index contributed by atoms with van der Waals surface area (Å²) in [4.78, 5) is 24.2. The minimum absolute atomic E-state index is 0.234. The van der Waals surface area contributed by atoms with Gasteiger partial charge in [-0.05, 0) is 12.1 Å². The zero-order valence-corrected chi connectivity index (χ0v) is 12.1. The number of para-hydroxylation sites is 1. The summed E-state index contributed by atoms with van der Waals surface area (Å²) >= 11 is 1.56. The Morgan fingerprint density at radius 3 is 2.76 bits per heavy atom. The van der Waals surface area contributed by atoms with Gasteiger partial charge in [-0.15, -0.1) is 11.3 Å². The number of methoxy groups -OCH3 is 1. The first-order valence-corrected chi connectivity index (χ1v) is 7.06. The number of rotatable bonds is 4. The highest BCUT2D eigenvalue weighted by Crippen LogP contribution is 2.21. The van der Waals surface area contributed by atoms with Gasteiger partial charge in [-0.3, -0.25) is 4.79 Å². The fourth-order valence-electron chi connectivity index (χ4n) is 1.79. The molecule has 0 aliphatic carbocycles. The first-order valence-electron chi connectivity index (χ1n) is 6.25. The van der Waals surface area contributed by atoms with Gasteiger partial charge < -0.3 is 10.1 Å². The van der Waals surface area contributed by atoms with Crippen molar-refractivity contribution in [1.82, 2.24) is 20.3 Å². The highest BCUT2D eigenvalue weighted by atomic mass is 32.1. The molecule has 0 aliphatic rings. The molecule has 0 fully saturated rings. The fourth-order valence-corrected chi connectivity index (χ4v) is 2.70. The molecule has 2 aromatic heterocycles. The first kappa shape index (κ1) is 13.4. The van der Waals surface area contributed by atoms with Gasteiger partial charge in [0.1, 0.15) is 5.01 Å². The van der Waals surface area contributed by atoms with Crippen molar-refractivity contribution in [1.29, 1.82) is 0 Å². The molecule has 0 atom stereocenters. The molecular formula is C14H12N4O2S. The van der Waals surface area contributed by atoms with Crippen LogP contribution in [0.5, 0.6) is 6.01 Å². The van der Waals surface area contributed by atoms with Crippen LogP contribution >= 0.6 is 11.3 Å². The summed E-state index contributed by atoms with van der Waals surface area (Å²) in [6.07, 6.45) is 2.86. The molecule has 0 saturated heterocycles. The van der Waals surface area contributed by atoms with Crippen LogP contribution in [0.4, 0.5) is 0 Å². The number of hydrogen-bond acceptors (Lipinski definition) is 6. The van der Waals surface area contributed by atoms with Crippen molar-refractivity contribution in [3.8, 4) is 6.01 Å². The van der Waals surface area contributed by atoms with Gasteiger partial charge in [0, 0.05) is 12.4 Å². The molecule has 0 spiro atoms. The molecule has 0 saturated carbocycles. The number of carbonyl (C=O) groups excluding carboxylic acids is 1. The Kier molecular flexibility index (Phi) is 3.74. The van der Waals surface area contributed by atoms with E-state index in [1.165, 1.54) is 19.5 Å². The second-order valence-electron chi connectivity index (χ2n) is 4.22. The zero-order chi connectivity index (χ0) is 14.7. The topological polar surface area (TPSA) is 77.0 Å². The van der Waals surface area contributed by atoms with Crippen LogP contribution in [0.25, 0.3) is 10.2 Å². The Bertz CT molecular complexity index is 737. The highest BCUT2D eigenvalue weighted by molar-refractivity contribution is 7.18. The number of carbonyl (C=O) groups is 1. The van der Waals surface area contributed by atoms with E-state index in [2.05, 4.69) is 20.3 Å². The van der Waals surface area contributed by atoms with Gasteiger partial charge in [0.15, 0.2) is 0 Å². The van der Waals surface area contributed by atoms with E-state index < -0.39 is 0 Å². The van der Waals surface area contributed by atoms with E-state index >= 15 is 0 Å². The third-order valence-electron chi connectivity index (χ3n) is 2.81. The molecule has 1 amide bonds. The number of amides is 1. The monoisotopic (exact) mass is 300 g/mol. The summed E-state index contributed by atoms with van der Waals surface area (Å²) in [5, 5.41) is 3.66. The molecule has 3 rings (SSSR count). The lowest BCUT2D eigenvalue weighted by atomic mass is 10.3. The smallest absolute Gasteiger partial charge is 0.316 e. The molecule has 1 N–H and O–H groups in total. The number of fused-ring (bicyclic) bond motifs is 1. The Morgan fingerprint density at radius 1 is 1.29 bits per heavy atom. The van der Waals surface area contributed by atoms with Crippen molar-refractivity contribution < 1.29 is 9.53 Å². The van der Waals surface area contributed by atoms with Crippen molar-refractivity contribution >= 4 is 27.5 Å². The second-order valence-corrected chi connectivity index (χ2v) is 5.33. The lowest BCUT2D eigenvalue weighted by Gasteiger charge is -2.03. The average Bonchev–Trinajstić information content (AvgIpc) is 2.95. The van der Waals surface area contributed by atoms with E-state index in [-0.39, 0.29) is 11.9 Å². The van der Waals surface area contributed by atoms with E-state index in [0.717, 1.165) is 15.2 Å². The predicted octanol–water partition coefficient (Wildman–Crippen LogP) is 2.02. The number of ether oxygens (including phenoxy) is 1. The first-order chi connectivity index (χ1) is 10.3. The molecule has 3 aromatic rings. The number of thiazole rings is 1. The molecular weight excluding hydrogens is 288 g/mol. The second kappa shape index (κ2) is 5.84. The Hall–Kier alpha value is -2.54. The molecule has 0 radical (unpaired) electrons. The predicted molar refractivity (Wildman–Crippen MR) is 79.4 cm³/mol. The molecule has 21 heavy (non-hydrogen) atoms. The van der Waals surface area contributed by atoms with Crippen LogP contribution in [0.1, 0.15) is 15.4 Å². The Labute approximate surface area is 124 Å². The van der Waals surface area contributed by atoms with Crippen molar-refractivity contribution in [2.75, 3.05) is 7.11 Å². The number of hydrogen-bond donors (Lipinski definition) is 1. The van der Waals surface area contributed by atoms with E-state index in [0.29, 0.717) is 12.1 Å². The molecule has 7 heteroatoms. The van der Waals surface area contributed by atoms with E-state index in [1.54, 1.807) is 11.3 Å². The van der Waals surface area contributed by atoms with E-state index in [9.17, 15) is 4.79 Å². The zero-order valence-electron chi connectivity index (χ0n) is 11.2. The minimum Gasteiger partial charge on any atom is -0.467 e. The Morgan fingerprint density at radius 2 is 2.05 bits per heavy atom. The summed E-state index contributed by atoms with van der Waals surface area (Å²) in [6, 6.07) is 8.11. The van der Waals surface area contributed by atoms with Gasteiger partial charge in [-0.1, -0.05) is 12.1 Å². The maximum atomic E-state index is 12.0. The largest absolute Gasteiger partial charge is 0.467 e. The maximum Gasteiger partial charge on any atom is 0.316 e. The van der Waals surface area contributed by atoms with Crippen LogP contribution in [-0.4, -0.2) is 28.0 Å².